The van der Waals surface area contributed by atoms with Gasteiger partial charge in [-0.2, -0.15) is 0 Å². The van der Waals surface area contributed by atoms with Gasteiger partial charge in [0.05, 0.1) is 5.88 Å². The maximum atomic E-state index is 11.9. The van der Waals surface area contributed by atoms with Gasteiger partial charge in [0.1, 0.15) is 5.60 Å². The molecular weight excluding hydrogens is 355 g/mol. The van der Waals surface area contributed by atoms with Crippen LogP contribution in [0.4, 0.5) is 0 Å². The first kappa shape index (κ1) is 18.1. The highest BCUT2D eigenvalue weighted by Gasteiger charge is 2.61. The van der Waals surface area contributed by atoms with E-state index < -0.39 is 5.60 Å². The van der Waals surface area contributed by atoms with Crippen molar-refractivity contribution in [3.8, 4) is 0 Å². The molecule has 0 aromatic heterocycles. The summed E-state index contributed by atoms with van der Waals surface area (Å²) in [5.41, 5.74) is 0.0231. The summed E-state index contributed by atoms with van der Waals surface area (Å²) >= 11 is 12.7. The van der Waals surface area contributed by atoms with Gasteiger partial charge >= 0.3 is 0 Å². The van der Waals surface area contributed by atoms with Gasteiger partial charge < -0.3 is 5.11 Å². The number of carbonyl (C=O) groups excluding carboxylic acids is 1. The molecule has 25 heavy (non-hydrogen) atoms. The summed E-state index contributed by atoms with van der Waals surface area (Å²) in [6.45, 7) is 4.54. The number of rotatable bonds is 1. The largest absolute Gasteiger partial charge is 0.382 e. The van der Waals surface area contributed by atoms with Crippen LogP contribution in [0.2, 0.25) is 0 Å². The number of halogens is 2. The summed E-state index contributed by atoms with van der Waals surface area (Å²) in [6.07, 6.45) is 9.69. The molecule has 0 aromatic rings. The maximum absolute atomic E-state index is 11.9. The summed E-state index contributed by atoms with van der Waals surface area (Å²) < 4.78 is 0. The van der Waals surface area contributed by atoms with Crippen molar-refractivity contribution >= 4 is 29.0 Å². The zero-order valence-corrected chi connectivity index (χ0v) is 16.6. The molecule has 4 aliphatic rings. The fourth-order valence-electron chi connectivity index (χ4n) is 6.75. The molecule has 0 saturated heterocycles. The van der Waals surface area contributed by atoms with Gasteiger partial charge in [-0.25, -0.2) is 0 Å². The van der Waals surface area contributed by atoms with Crippen molar-refractivity contribution in [1.82, 2.24) is 0 Å². The van der Waals surface area contributed by atoms with Gasteiger partial charge in [-0.3, -0.25) is 4.79 Å². The minimum Gasteiger partial charge on any atom is -0.382 e. The Bertz CT molecular complexity index is 654. The van der Waals surface area contributed by atoms with E-state index in [1.54, 1.807) is 0 Å². The van der Waals surface area contributed by atoms with E-state index in [-0.39, 0.29) is 11.3 Å². The van der Waals surface area contributed by atoms with E-state index in [1.807, 2.05) is 12.2 Å². The van der Waals surface area contributed by atoms with E-state index in [4.69, 9.17) is 23.2 Å². The van der Waals surface area contributed by atoms with Crippen molar-refractivity contribution in [2.45, 2.75) is 58.0 Å². The molecular formula is C21H28Cl2O2. The molecule has 0 heterocycles. The highest BCUT2D eigenvalue weighted by atomic mass is 35.5. The Hall–Kier alpha value is -0.310. The molecule has 0 spiro atoms. The fourth-order valence-corrected chi connectivity index (χ4v) is 7.64. The smallest absolute Gasteiger partial charge is 0.155 e. The molecule has 4 rings (SSSR count). The van der Waals surface area contributed by atoms with Crippen LogP contribution in [-0.2, 0) is 4.79 Å². The van der Waals surface area contributed by atoms with Gasteiger partial charge in [0, 0.05) is 16.9 Å². The summed E-state index contributed by atoms with van der Waals surface area (Å²) in [5.74, 6) is 3.18. The number of fused-ring (bicyclic) bond motifs is 5. The first-order valence-corrected chi connectivity index (χ1v) is 10.6. The summed E-state index contributed by atoms with van der Waals surface area (Å²) in [7, 11) is 0. The molecule has 4 heteroatoms. The first-order chi connectivity index (χ1) is 11.8. The average molecular weight is 383 g/mol. The standard InChI is InChI=1S/C21H28Cl2O2/c1-12-9-13-10-14(24)3-4-15(13)16-7-8-20(2)17(19(12)16)5-6-18(23)21(20,25)11-22/h6,10,12,15-17,19,25H,3-5,7-9,11H2,1-2H3/t12-,15+,16-,17+,19-,20+,21+/m1/s1. The topological polar surface area (TPSA) is 37.3 Å². The monoisotopic (exact) mass is 382 g/mol. The van der Waals surface area contributed by atoms with Crippen LogP contribution < -0.4 is 0 Å². The highest BCUT2D eigenvalue weighted by molar-refractivity contribution is 6.32. The Morgan fingerprint density at radius 2 is 2.12 bits per heavy atom. The fraction of sp³-hybridized carbons (Fsp3) is 0.762. The Labute approximate surface area is 160 Å². The molecule has 2 saturated carbocycles. The van der Waals surface area contributed by atoms with E-state index in [1.165, 1.54) is 5.57 Å². The normalized spacial score (nSPS) is 49.5. The number of ketones is 1. The zero-order chi connectivity index (χ0) is 18.0. The molecule has 138 valence electrons. The average Bonchev–Trinajstić information content (AvgIpc) is 2.58. The van der Waals surface area contributed by atoms with Crippen LogP contribution in [0.25, 0.3) is 0 Å². The van der Waals surface area contributed by atoms with Crippen LogP contribution in [0.3, 0.4) is 0 Å². The predicted molar refractivity (Wildman–Crippen MR) is 102 cm³/mol. The molecule has 2 nitrogen and oxygen atoms in total. The lowest BCUT2D eigenvalue weighted by Crippen LogP contribution is -2.61. The molecule has 0 amide bonds. The van der Waals surface area contributed by atoms with Crippen molar-refractivity contribution in [2.24, 2.45) is 35.0 Å². The lowest BCUT2D eigenvalue weighted by atomic mass is 9.44. The number of carbonyl (C=O) groups is 1. The van der Waals surface area contributed by atoms with Crippen molar-refractivity contribution in [3.05, 3.63) is 22.8 Å². The Morgan fingerprint density at radius 1 is 1.36 bits per heavy atom. The van der Waals surface area contributed by atoms with Gasteiger partial charge in [-0.15, -0.1) is 11.6 Å². The minimum atomic E-state index is -1.11. The second-order valence-corrected chi connectivity index (χ2v) is 9.77. The Balaban J connectivity index is 1.73. The number of hydrogen-bond acceptors (Lipinski definition) is 2. The number of hydrogen-bond donors (Lipinski definition) is 1. The van der Waals surface area contributed by atoms with E-state index in [0.717, 1.165) is 32.1 Å². The van der Waals surface area contributed by atoms with Crippen LogP contribution in [0, 0.1) is 35.0 Å². The Kier molecular flexibility index (Phi) is 4.41. The summed E-state index contributed by atoms with van der Waals surface area (Å²) in [5, 5.41) is 11.9. The molecule has 4 aliphatic carbocycles. The van der Waals surface area contributed by atoms with Crippen molar-refractivity contribution in [2.75, 3.05) is 5.88 Å². The lowest BCUT2D eigenvalue weighted by molar-refractivity contribution is -0.141. The van der Waals surface area contributed by atoms with Gasteiger partial charge in [-0.1, -0.05) is 37.1 Å². The van der Waals surface area contributed by atoms with Gasteiger partial charge in [0.15, 0.2) is 5.78 Å². The summed E-state index contributed by atoms with van der Waals surface area (Å²) in [4.78, 5) is 11.9. The molecule has 0 radical (unpaired) electrons. The second kappa shape index (κ2) is 6.11. The summed E-state index contributed by atoms with van der Waals surface area (Å²) in [6, 6.07) is 0. The third-order valence-electron chi connectivity index (χ3n) is 8.11. The van der Waals surface area contributed by atoms with E-state index in [9.17, 15) is 9.90 Å². The van der Waals surface area contributed by atoms with E-state index in [2.05, 4.69) is 13.8 Å². The zero-order valence-electron chi connectivity index (χ0n) is 15.1. The SMILES string of the molecule is C[C@@H]1CC2=CC(=O)CC[C@@H]2[C@H]2CC[C@@]3(C)[C@@H](CC=C(Cl)[C@@]3(O)CCl)[C@@H]21. The molecule has 0 aromatic carbocycles. The number of allylic oxidation sites excluding steroid dienone is 3. The predicted octanol–water partition coefficient (Wildman–Crippen LogP) is 5.08. The number of alkyl halides is 1. The van der Waals surface area contributed by atoms with Crippen molar-refractivity contribution < 1.29 is 9.90 Å². The van der Waals surface area contributed by atoms with Gasteiger partial charge in [0.25, 0.3) is 0 Å². The second-order valence-electron chi connectivity index (χ2n) is 9.10. The van der Waals surface area contributed by atoms with Gasteiger partial charge in [0.2, 0.25) is 0 Å². The van der Waals surface area contributed by atoms with Crippen LogP contribution in [0.1, 0.15) is 52.4 Å². The molecule has 2 fully saturated rings. The van der Waals surface area contributed by atoms with Crippen LogP contribution in [-0.4, -0.2) is 22.4 Å². The number of aliphatic hydroxyl groups is 1. The minimum absolute atomic E-state index is 0.157. The third-order valence-corrected chi connectivity index (χ3v) is 8.97. The van der Waals surface area contributed by atoms with Crippen LogP contribution >= 0.6 is 23.2 Å². The van der Waals surface area contributed by atoms with Crippen LogP contribution in [0.15, 0.2) is 22.8 Å². The molecule has 0 unspecified atom stereocenters. The van der Waals surface area contributed by atoms with Gasteiger partial charge in [-0.05, 0) is 67.8 Å². The Morgan fingerprint density at radius 3 is 2.84 bits per heavy atom. The molecule has 0 bridgehead atoms. The van der Waals surface area contributed by atoms with E-state index >= 15 is 0 Å². The molecule has 1 N–H and O–H groups in total. The highest BCUT2D eigenvalue weighted by Crippen LogP contribution is 2.64. The van der Waals surface area contributed by atoms with Crippen molar-refractivity contribution in [1.29, 1.82) is 0 Å². The quantitative estimate of drug-likeness (QED) is 0.642. The molecule has 0 aliphatic heterocycles. The first-order valence-electron chi connectivity index (χ1n) is 9.69. The van der Waals surface area contributed by atoms with Crippen molar-refractivity contribution in [3.63, 3.8) is 0 Å². The maximum Gasteiger partial charge on any atom is 0.155 e. The van der Waals surface area contributed by atoms with Crippen LogP contribution in [0.5, 0.6) is 0 Å². The van der Waals surface area contributed by atoms with E-state index in [0.29, 0.717) is 46.8 Å². The lowest BCUT2D eigenvalue weighted by Gasteiger charge is -2.62. The molecule has 7 atom stereocenters. The third kappa shape index (κ3) is 2.43.